The molecule has 3 heteroatoms. The quantitative estimate of drug-likeness (QED) is 0.831. The summed E-state index contributed by atoms with van der Waals surface area (Å²) in [7, 11) is 3.93. The molecule has 0 aromatic carbocycles. The summed E-state index contributed by atoms with van der Waals surface area (Å²) in [6.45, 7) is 0.530. The van der Waals surface area contributed by atoms with Gasteiger partial charge >= 0.3 is 0 Å². The van der Waals surface area contributed by atoms with Gasteiger partial charge in [0.1, 0.15) is 0 Å². The maximum absolute atomic E-state index is 12.1. The molecule has 1 N–H and O–H groups in total. The van der Waals surface area contributed by atoms with Crippen molar-refractivity contribution in [2.24, 2.45) is 17.8 Å². The third-order valence-electron chi connectivity index (χ3n) is 5.59. The van der Waals surface area contributed by atoms with Gasteiger partial charge in [0.15, 0.2) is 0 Å². The van der Waals surface area contributed by atoms with E-state index in [2.05, 4.69) is 5.32 Å². The molecule has 3 aliphatic carbocycles. The molecule has 0 radical (unpaired) electrons. The van der Waals surface area contributed by atoms with E-state index < -0.39 is 0 Å². The lowest BCUT2D eigenvalue weighted by Crippen LogP contribution is -2.59. The van der Waals surface area contributed by atoms with Gasteiger partial charge in [-0.2, -0.15) is 0 Å². The van der Waals surface area contributed by atoms with E-state index in [9.17, 15) is 4.79 Å². The molecule has 102 valence electrons. The van der Waals surface area contributed by atoms with Crippen LogP contribution in [-0.4, -0.2) is 37.0 Å². The molecule has 0 aromatic rings. The number of carbonyl (C=O) groups is 1. The highest BCUT2D eigenvalue weighted by molar-refractivity contribution is 5.79. The Bertz CT molecular complexity index is 341. The molecular formula is C15H26N2O. The minimum absolute atomic E-state index is 0.170. The van der Waals surface area contributed by atoms with E-state index in [1.807, 2.05) is 19.0 Å². The molecule has 0 aromatic heterocycles. The zero-order valence-electron chi connectivity index (χ0n) is 11.7. The maximum Gasteiger partial charge on any atom is 0.234 e. The number of nitrogens with one attached hydrogen (secondary N) is 1. The fourth-order valence-electron chi connectivity index (χ4n) is 4.89. The molecule has 4 bridgehead atoms. The summed E-state index contributed by atoms with van der Waals surface area (Å²) in [5.41, 5.74) is 0.170. The van der Waals surface area contributed by atoms with Crippen molar-refractivity contribution >= 4 is 5.91 Å². The Morgan fingerprint density at radius 1 is 1.28 bits per heavy atom. The molecule has 3 saturated carbocycles. The van der Waals surface area contributed by atoms with Crippen molar-refractivity contribution in [3.63, 3.8) is 0 Å². The van der Waals surface area contributed by atoms with Gasteiger partial charge in [-0.15, -0.1) is 0 Å². The van der Waals surface area contributed by atoms with Crippen LogP contribution in [0.3, 0.4) is 0 Å². The molecule has 3 fully saturated rings. The Labute approximate surface area is 110 Å². The zero-order chi connectivity index (χ0) is 12.8. The predicted molar refractivity (Wildman–Crippen MR) is 72.2 cm³/mol. The van der Waals surface area contributed by atoms with Crippen molar-refractivity contribution in [3.8, 4) is 0 Å². The number of fused-ring (bicyclic) bond motifs is 6. The van der Waals surface area contributed by atoms with Crippen LogP contribution in [0, 0.1) is 17.8 Å². The van der Waals surface area contributed by atoms with Crippen LogP contribution in [0.4, 0.5) is 0 Å². The number of carbonyl (C=O) groups excluding carboxylic acids is 1. The van der Waals surface area contributed by atoms with E-state index >= 15 is 0 Å². The summed E-state index contributed by atoms with van der Waals surface area (Å²) < 4.78 is 0. The molecule has 3 rings (SSSR count). The second-order valence-corrected chi connectivity index (χ2v) is 7.07. The maximum atomic E-state index is 12.1. The monoisotopic (exact) mass is 250 g/mol. The summed E-state index contributed by atoms with van der Waals surface area (Å²) in [5, 5.41) is 3.44. The Morgan fingerprint density at radius 2 is 2.11 bits per heavy atom. The first-order valence-corrected chi connectivity index (χ1v) is 7.55. The van der Waals surface area contributed by atoms with Gasteiger partial charge in [0, 0.05) is 5.54 Å². The first-order valence-electron chi connectivity index (χ1n) is 7.55. The van der Waals surface area contributed by atoms with Gasteiger partial charge < -0.3 is 10.2 Å². The van der Waals surface area contributed by atoms with Gasteiger partial charge in [-0.1, -0.05) is 12.8 Å². The molecule has 18 heavy (non-hydrogen) atoms. The summed E-state index contributed by atoms with van der Waals surface area (Å²) >= 11 is 0. The number of hydrogen-bond donors (Lipinski definition) is 1. The molecule has 4 unspecified atom stereocenters. The SMILES string of the molecule is CN(C)CC(=O)NC12CCCC(C1)C1CCC2C1. The van der Waals surface area contributed by atoms with Gasteiger partial charge in [-0.25, -0.2) is 0 Å². The normalized spacial score (nSPS) is 42.1. The number of nitrogens with zero attached hydrogens (tertiary/aromatic N) is 1. The van der Waals surface area contributed by atoms with Gasteiger partial charge in [0.2, 0.25) is 5.91 Å². The van der Waals surface area contributed by atoms with Crippen molar-refractivity contribution < 1.29 is 4.79 Å². The summed E-state index contributed by atoms with van der Waals surface area (Å²) in [4.78, 5) is 14.1. The second-order valence-electron chi connectivity index (χ2n) is 7.07. The topological polar surface area (TPSA) is 32.3 Å². The van der Waals surface area contributed by atoms with E-state index in [1.165, 1.54) is 44.9 Å². The van der Waals surface area contributed by atoms with Crippen LogP contribution in [0.5, 0.6) is 0 Å². The zero-order valence-corrected chi connectivity index (χ0v) is 11.7. The van der Waals surface area contributed by atoms with E-state index in [0.29, 0.717) is 6.54 Å². The average Bonchev–Trinajstić information content (AvgIpc) is 2.73. The molecule has 0 aliphatic heterocycles. The number of amides is 1. The minimum atomic E-state index is 0.170. The van der Waals surface area contributed by atoms with Gasteiger partial charge in [-0.3, -0.25) is 4.79 Å². The fourth-order valence-corrected chi connectivity index (χ4v) is 4.89. The van der Waals surface area contributed by atoms with Crippen molar-refractivity contribution in [2.75, 3.05) is 20.6 Å². The Morgan fingerprint density at radius 3 is 2.89 bits per heavy atom. The van der Waals surface area contributed by atoms with Crippen molar-refractivity contribution in [3.05, 3.63) is 0 Å². The van der Waals surface area contributed by atoms with Crippen molar-refractivity contribution in [2.45, 2.75) is 50.5 Å². The van der Waals surface area contributed by atoms with E-state index in [1.54, 1.807) is 0 Å². The van der Waals surface area contributed by atoms with Crippen LogP contribution in [-0.2, 0) is 4.79 Å². The highest BCUT2D eigenvalue weighted by Crippen LogP contribution is 2.56. The summed E-state index contributed by atoms with van der Waals surface area (Å²) in [6, 6.07) is 0. The molecule has 4 atom stereocenters. The highest BCUT2D eigenvalue weighted by Gasteiger charge is 2.53. The molecule has 0 spiro atoms. The number of rotatable bonds is 3. The molecule has 0 saturated heterocycles. The molecule has 1 amide bonds. The molecule has 0 heterocycles. The third kappa shape index (κ3) is 2.07. The van der Waals surface area contributed by atoms with Crippen molar-refractivity contribution in [1.29, 1.82) is 0 Å². The lowest BCUT2D eigenvalue weighted by atomic mass is 9.61. The largest absolute Gasteiger partial charge is 0.349 e. The van der Waals surface area contributed by atoms with Crippen LogP contribution in [0.15, 0.2) is 0 Å². The van der Waals surface area contributed by atoms with Gasteiger partial charge in [-0.05, 0) is 64.0 Å². The summed E-state index contributed by atoms with van der Waals surface area (Å²) in [6.07, 6.45) is 9.36. The standard InChI is InChI=1S/C15H26N2O/c1-17(2)10-14(18)16-15-7-3-4-12(9-15)11-5-6-13(15)8-11/h11-13H,3-10H2,1-2H3,(H,16,18). The van der Waals surface area contributed by atoms with Crippen LogP contribution in [0.1, 0.15) is 44.9 Å². The Hall–Kier alpha value is -0.570. The lowest BCUT2D eigenvalue weighted by Gasteiger charge is -2.50. The number of hydrogen-bond acceptors (Lipinski definition) is 2. The molecular weight excluding hydrogens is 224 g/mol. The van der Waals surface area contributed by atoms with Crippen LogP contribution in [0.25, 0.3) is 0 Å². The first-order chi connectivity index (χ1) is 8.59. The molecule has 3 aliphatic rings. The Balaban J connectivity index is 1.73. The third-order valence-corrected chi connectivity index (χ3v) is 5.59. The smallest absolute Gasteiger partial charge is 0.234 e. The Kier molecular flexibility index (Phi) is 3.13. The second kappa shape index (κ2) is 4.52. The first kappa shape index (κ1) is 12.5. The van der Waals surface area contributed by atoms with Crippen LogP contribution >= 0.6 is 0 Å². The van der Waals surface area contributed by atoms with Crippen LogP contribution < -0.4 is 5.32 Å². The van der Waals surface area contributed by atoms with E-state index in [4.69, 9.17) is 0 Å². The van der Waals surface area contributed by atoms with Gasteiger partial charge in [0.25, 0.3) is 0 Å². The summed E-state index contributed by atoms with van der Waals surface area (Å²) in [5.74, 6) is 2.88. The molecule has 3 nitrogen and oxygen atoms in total. The lowest BCUT2D eigenvalue weighted by molar-refractivity contribution is -0.126. The van der Waals surface area contributed by atoms with Crippen molar-refractivity contribution in [1.82, 2.24) is 10.2 Å². The highest BCUT2D eigenvalue weighted by atomic mass is 16.2. The van der Waals surface area contributed by atoms with E-state index in [-0.39, 0.29) is 11.4 Å². The minimum Gasteiger partial charge on any atom is -0.349 e. The van der Waals surface area contributed by atoms with Crippen LogP contribution in [0.2, 0.25) is 0 Å². The fraction of sp³-hybridized carbons (Fsp3) is 0.933. The van der Waals surface area contributed by atoms with E-state index in [0.717, 1.165) is 17.8 Å². The predicted octanol–water partition coefficient (Wildman–Crippen LogP) is 2.02. The average molecular weight is 250 g/mol. The number of likely N-dealkylation sites (N-methyl/N-ethyl adjacent to an activating group) is 1. The van der Waals surface area contributed by atoms with Gasteiger partial charge in [0.05, 0.1) is 6.54 Å².